The summed E-state index contributed by atoms with van der Waals surface area (Å²) in [7, 11) is -2.72. The van der Waals surface area contributed by atoms with E-state index in [9.17, 15) is 8.42 Å². The third-order valence-electron chi connectivity index (χ3n) is 5.30. The standard InChI is InChI=1S/C24H27NO2S2/c1-18-10-14-22(15-11-18)28(26)20(3)24(4,21-8-6-5-7-9-21)25-29(27)23-16-12-19(2)13-17-23/h5-17,20,25H,1-4H3/t20-,24-,28?,29?/m1/s1. The number of benzene rings is 3. The Labute approximate surface area is 178 Å². The first kappa shape index (κ1) is 21.6. The van der Waals surface area contributed by atoms with Gasteiger partial charge in [0.25, 0.3) is 0 Å². The highest BCUT2D eigenvalue weighted by molar-refractivity contribution is 7.86. The number of hydrogen-bond donors (Lipinski definition) is 1. The Morgan fingerprint density at radius 2 is 1.24 bits per heavy atom. The molecule has 2 unspecified atom stereocenters. The van der Waals surface area contributed by atoms with Crippen LogP contribution in [0.3, 0.4) is 0 Å². The third-order valence-corrected chi connectivity index (χ3v) is 8.46. The van der Waals surface area contributed by atoms with Crippen LogP contribution in [0.25, 0.3) is 0 Å². The summed E-state index contributed by atoms with van der Waals surface area (Å²) in [6, 6.07) is 25.2. The largest absolute Gasteiger partial charge is 0.254 e. The molecule has 0 bridgehead atoms. The maximum Gasteiger partial charge on any atom is 0.125 e. The zero-order valence-corrected chi connectivity index (χ0v) is 18.8. The van der Waals surface area contributed by atoms with Crippen LogP contribution in [0.1, 0.15) is 30.5 Å². The zero-order chi connectivity index (χ0) is 21.0. The molecule has 0 amide bonds. The SMILES string of the molecule is Cc1ccc(S(=O)N[C@@](C)(c2ccccc2)[C@@H](C)S(=O)c2ccc(C)cc2)cc1. The smallest absolute Gasteiger partial charge is 0.125 e. The molecule has 0 fully saturated rings. The van der Waals surface area contributed by atoms with Gasteiger partial charge in [-0.05, 0) is 57.5 Å². The number of hydrogen-bond acceptors (Lipinski definition) is 2. The lowest BCUT2D eigenvalue weighted by Gasteiger charge is -2.36. The molecule has 5 heteroatoms. The van der Waals surface area contributed by atoms with Gasteiger partial charge in [-0.3, -0.25) is 4.21 Å². The van der Waals surface area contributed by atoms with E-state index >= 15 is 0 Å². The highest BCUT2D eigenvalue weighted by Gasteiger charge is 2.38. The van der Waals surface area contributed by atoms with Crippen molar-refractivity contribution in [3.05, 3.63) is 95.6 Å². The van der Waals surface area contributed by atoms with E-state index in [4.69, 9.17) is 0 Å². The van der Waals surface area contributed by atoms with Gasteiger partial charge in [0.2, 0.25) is 0 Å². The highest BCUT2D eigenvalue weighted by Crippen LogP contribution is 2.31. The molecule has 0 radical (unpaired) electrons. The lowest BCUT2D eigenvalue weighted by atomic mass is 9.90. The Balaban J connectivity index is 1.97. The van der Waals surface area contributed by atoms with Gasteiger partial charge in [-0.1, -0.05) is 65.7 Å². The van der Waals surface area contributed by atoms with Crippen molar-refractivity contribution in [1.29, 1.82) is 0 Å². The Hall–Kier alpha value is -2.08. The second-order valence-corrected chi connectivity index (χ2v) is 10.5. The fourth-order valence-corrected chi connectivity index (χ4v) is 5.86. The maximum absolute atomic E-state index is 13.4. The Morgan fingerprint density at radius 1 is 0.759 bits per heavy atom. The van der Waals surface area contributed by atoms with E-state index in [-0.39, 0.29) is 5.25 Å². The van der Waals surface area contributed by atoms with Crippen molar-refractivity contribution in [2.24, 2.45) is 0 Å². The quantitative estimate of drug-likeness (QED) is 0.577. The van der Waals surface area contributed by atoms with Gasteiger partial charge in [0.05, 0.1) is 26.5 Å². The fraction of sp³-hybridized carbons (Fsp3) is 0.250. The average molecular weight is 426 g/mol. The molecule has 3 aromatic carbocycles. The molecule has 0 saturated carbocycles. The highest BCUT2D eigenvalue weighted by atomic mass is 32.2. The van der Waals surface area contributed by atoms with Gasteiger partial charge in [-0.2, -0.15) is 0 Å². The van der Waals surface area contributed by atoms with Crippen molar-refractivity contribution < 1.29 is 8.42 Å². The summed E-state index contributed by atoms with van der Waals surface area (Å²) < 4.78 is 29.9. The third kappa shape index (κ3) is 4.92. The minimum absolute atomic E-state index is 0.318. The minimum Gasteiger partial charge on any atom is -0.254 e. The van der Waals surface area contributed by atoms with Crippen LogP contribution in [0.2, 0.25) is 0 Å². The summed E-state index contributed by atoms with van der Waals surface area (Å²) in [5, 5.41) is -0.318. The van der Waals surface area contributed by atoms with Crippen LogP contribution in [0, 0.1) is 13.8 Å². The number of aryl methyl sites for hydroxylation is 2. The van der Waals surface area contributed by atoms with Crippen molar-refractivity contribution in [2.45, 2.75) is 48.3 Å². The Morgan fingerprint density at radius 3 is 1.76 bits per heavy atom. The number of rotatable bonds is 7. The lowest BCUT2D eigenvalue weighted by Crippen LogP contribution is -2.50. The topological polar surface area (TPSA) is 46.2 Å². The molecule has 0 saturated heterocycles. The van der Waals surface area contributed by atoms with Crippen LogP contribution < -0.4 is 4.72 Å². The summed E-state index contributed by atoms with van der Waals surface area (Å²) >= 11 is 0. The molecule has 0 aliphatic rings. The van der Waals surface area contributed by atoms with Crippen molar-refractivity contribution >= 4 is 21.8 Å². The second kappa shape index (κ2) is 9.16. The predicted molar refractivity (Wildman–Crippen MR) is 122 cm³/mol. The zero-order valence-electron chi connectivity index (χ0n) is 17.2. The molecular formula is C24H27NO2S2. The molecule has 29 heavy (non-hydrogen) atoms. The summed E-state index contributed by atoms with van der Waals surface area (Å²) in [5.74, 6) is 0. The molecule has 0 aliphatic carbocycles. The average Bonchev–Trinajstić information content (AvgIpc) is 2.74. The van der Waals surface area contributed by atoms with Gasteiger partial charge in [0, 0.05) is 4.90 Å². The fourth-order valence-electron chi connectivity index (χ4n) is 3.16. The van der Waals surface area contributed by atoms with E-state index < -0.39 is 27.3 Å². The van der Waals surface area contributed by atoms with Gasteiger partial charge in [-0.25, -0.2) is 8.93 Å². The summed E-state index contributed by atoms with van der Waals surface area (Å²) in [6.07, 6.45) is 0. The van der Waals surface area contributed by atoms with Gasteiger partial charge < -0.3 is 0 Å². The van der Waals surface area contributed by atoms with Crippen molar-refractivity contribution in [3.63, 3.8) is 0 Å². The molecule has 0 aliphatic heterocycles. The van der Waals surface area contributed by atoms with Gasteiger partial charge in [0.1, 0.15) is 11.0 Å². The van der Waals surface area contributed by atoms with Crippen LogP contribution in [-0.4, -0.2) is 13.7 Å². The van der Waals surface area contributed by atoms with E-state index in [2.05, 4.69) is 4.72 Å². The molecule has 152 valence electrons. The molecule has 4 atom stereocenters. The van der Waals surface area contributed by atoms with Crippen LogP contribution in [-0.2, 0) is 27.3 Å². The maximum atomic E-state index is 13.4. The first-order valence-corrected chi connectivity index (χ1v) is 12.0. The first-order valence-electron chi connectivity index (χ1n) is 9.60. The van der Waals surface area contributed by atoms with E-state index in [0.717, 1.165) is 21.6 Å². The molecule has 0 aromatic heterocycles. The van der Waals surface area contributed by atoms with Crippen LogP contribution in [0.4, 0.5) is 0 Å². The van der Waals surface area contributed by atoms with E-state index in [1.807, 2.05) is 107 Å². The van der Waals surface area contributed by atoms with E-state index in [1.165, 1.54) is 0 Å². The molecule has 3 rings (SSSR count). The van der Waals surface area contributed by atoms with Crippen LogP contribution in [0.5, 0.6) is 0 Å². The summed E-state index contributed by atoms with van der Waals surface area (Å²) in [6.45, 7) is 7.94. The van der Waals surface area contributed by atoms with E-state index in [0.29, 0.717) is 4.90 Å². The number of nitrogens with one attached hydrogen (secondary N) is 1. The Kier molecular flexibility index (Phi) is 6.83. The van der Waals surface area contributed by atoms with Crippen molar-refractivity contribution in [3.8, 4) is 0 Å². The molecule has 0 spiro atoms. The van der Waals surface area contributed by atoms with Crippen molar-refractivity contribution in [1.82, 2.24) is 4.72 Å². The normalized spacial score (nSPS) is 16.6. The predicted octanol–water partition coefficient (Wildman–Crippen LogP) is 5.03. The van der Waals surface area contributed by atoms with Crippen molar-refractivity contribution in [2.75, 3.05) is 0 Å². The molecule has 1 N–H and O–H groups in total. The second-order valence-electron chi connectivity index (χ2n) is 7.50. The Bertz CT molecular complexity index is 1000. The van der Waals surface area contributed by atoms with Gasteiger partial charge in [0.15, 0.2) is 0 Å². The summed E-state index contributed by atoms with van der Waals surface area (Å²) in [4.78, 5) is 1.47. The van der Waals surface area contributed by atoms with Crippen LogP contribution in [0.15, 0.2) is 88.7 Å². The van der Waals surface area contributed by atoms with E-state index in [1.54, 1.807) is 0 Å². The first-order chi connectivity index (χ1) is 13.8. The molecular weight excluding hydrogens is 398 g/mol. The minimum atomic E-state index is -1.44. The monoisotopic (exact) mass is 425 g/mol. The molecule has 3 aromatic rings. The molecule has 0 heterocycles. The summed E-state index contributed by atoms with van der Waals surface area (Å²) in [5.41, 5.74) is 2.44. The van der Waals surface area contributed by atoms with Gasteiger partial charge in [-0.15, -0.1) is 0 Å². The van der Waals surface area contributed by atoms with Gasteiger partial charge >= 0.3 is 0 Å². The lowest BCUT2D eigenvalue weighted by molar-refractivity contribution is 0.434. The van der Waals surface area contributed by atoms with Crippen LogP contribution >= 0.6 is 0 Å². The molecule has 3 nitrogen and oxygen atoms in total.